The number of carbonyl (C=O) groups is 1. The van der Waals surface area contributed by atoms with Crippen molar-refractivity contribution in [2.75, 3.05) is 6.54 Å². The molecule has 0 aliphatic heterocycles. The molecular weight excluding hydrogens is 294 g/mol. The molecule has 1 atom stereocenters. The van der Waals surface area contributed by atoms with E-state index in [0.717, 1.165) is 5.69 Å². The van der Waals surface area contributed by atoms with Gasteiger partial charge in [-0.2, -0.15) is 10.2 Å². The molecule has 126 valence electrons. The van der Waals surface area contributed by atoms with Gasteiger partial charge in [0.25, 0.3) is 5.91 Å². The van der Waals surface area contributed by atoms with Crippen molar-refractivity contribution in [1.82, 2.24) is 24.9 Å². The van der Waals surface area contributed by atoms with E-state index in [9.17, 15) is 9.90 Å². The third-order valence-electron chi connectivity index (χ3n) is 3.80. The van der Waals surface area contributed by atoms with Gasteiger partial charge in [0.2, 0.25) is 0 Å². The Morgan fingerprint density at radius 3 is 2.43 bits per heavy atom. The number of hydrogen-bond donors (Lipinski definition) is 2. The highest BCUT2D eigenvalue weighted by Crippen LogP contribution is 2.22. The van der Waals surface area contributed by atoms with E-state index in [0.29, 0.717) is 11.3 Å². The van der Waals surface area contributed by atoms with Crippen LogP contribution in [0.5, 0.6) is 0 Å². The molecule has 2 aromatic rings. The van der Waals surface area contributed by atoms with Gasteiger partial charge >= 0.3 is 0 Å². The topological polar surface area (TPSA) is 85.0 Å². The maximum Gasteiger partial charge on any atom is 0.269 e. The highest BCUT2D eigenvalue weighted by atomic mass is 16.3. The summed E-state index contributed by atoms with van der Waals surface area (Å²) >= 11 is 0. The van der Waals surface area contributed by atoms with Crippen LogP contribution in [0.3, 0.4) is 0 Å². The van der Waals surface area contributed by atoms with Crippen LogP contribution in [0.1, 0.15) is 49.4 Å². The van der Waals surface area contributed by atoms with E-state index >= 15 is 0 Å². The van der Waals surface area contributed by atoms with E-state index in [4.69, 9.17) is 0 Å². The summed E-state index contributed by atoms with van der Waals surface area (Å²) in [6.45, 7) is 7.88. The van der Waals surface area contributed by atoms with Crippen LogP contribution in [0.2, 0.25) is 0 Å². The van der Waals surface area contributed by atoms with Crippen molar-refractivity contribution in [2.45, 2.75) is 38.7 Å². The second kappa shape index (κ2) is 5.81. The SMILES string of the molecule is Cn1cc(C(C)(O)CNC(=O)c2cc(C(C)(C)C)nn2C)cn1. The van der Waals surface area contributed by atoms with Gasteiger partial charge in [0.1, 0.15) is 11.3 Å². The molecule has 7 nitrogen and oxygen atoms in total. The van der Waals surface area contributed by atoms with Crippen LogP contribution in [0, 0.1) is 0 Å². The first-order chi connectivity index (χ1) is 10.5. The zero-order chi connectivity index (χ0) is 17.4. The lowest BCUT2D eigenvalue weighted by Gasteiger charge is -2.22. The number of carbonyl (C=O) groups excluding carboxylic acids is 1. The van der Waals surface area contributed by atoms with E-state index in [1.807, 2.05) is 20.8 Å². The van der Waals surface area contributed by atoms with Crippen molar-refractivity contribution in [1.29, 1.82) is 0 Å². The fourth-order valence-electron chi connectivity index (χ4n) is 2.19. The van der Waals surface area contributed by atoms with Crippen LogP contribution in [0.15, 0.2) is 18.5 Å². The lowest BCUT2D eigenvalue weighted by Crippen LogP contribution is -2.39. The normalized spacial score (nSPS) is 14.6. The first-order valence-corrected chi connectivity index (χ1v) is 7.55. The van der Waals surface area contributed by atoms with Crippen molar-refractivity contribution in [3.05, 3.63) is 35.4 Å². The molecular formula is C16H25N5O2. The standard InChI is InChI=1S/C16H25N5O2/c1-15(2,3)13-7-12(21(6)19-13)14(22)17-10-16(4,23)11-8-18-20(5)9-11/h7-9,23H,10H2,1-6H3,(H,17,22). The molecule has 7 heteroatoms. The molecule has 1 amide bonds. The molecule has 0 fully saturated rings. The minimum Gasteiger partial charge on any atom is -0.383 e. The number of aromatic nitrogens is 4. The lowest BCUT2D eigenvalue weighted by atomic mass is 9.92. The molecule has 0 saturated heterocycles. The minimum absolute atomic E-state index is 0.0908. The predicted octanol–water partition coefficient (Wildman–Crippen LogP) is 1.09. The van der Waals surface area contributed by atoms with Crippen molar-refractivity contribution in [2.24, 2.45) is 14.1 Å². The number of aryl methyl sites for hydroxylation is 2. The summed E-state index contributed by atoms with van der Waals surface area (Å²) in [6.07, 6.45) is 3.32. The Bertz CT molecular complexity index is 706. The molecule has 2 heterocycles. The quantitative estimate of drug-likeness (QED) is 0.883. The summed E-state index contributed by atoms with van der Waals surface area (Å²) in [7, 11) is 3.52. The second-order valence-corrected chi connectivity index (χ2v) is 7.15. The number of nitrogens with zero attached hydrogens (tertiary/aromatic N) is 4. The molecule has 0 radical (unpaired) electrons. The Morgan fingerprint density at radius 1 is 1.30 bits per heavy atom. The summed E-state index contributed by atoms with van der Waals surface area (Å²) in [6, 6.07) is 1.79. The third-order valence-corrected chi connectivity index (χ3v) is 3.80. The average molecular weight is 319 g/mol. The lowest BCUT2D eigenvalue weighted by molar-refractivity contribution is 0.0523. The zero-order valence-electron chi connectivity index (χ0n) is 14.6. The molecule has 0 spiro atoms. The van der Waals surface area contributed by atoms with Gasteiger partial charge < -0.3 is 10.4 Å². The third kappa shape index (κ3) is 3.79. The largest absolute Gasteiger partial charge is 0.383 e. The second-order valence-electron chi connectivity index (χ2n) is 7.15. The first kappa shape index (κ1) is 17.2. The molecule has 0 aliphatic rings. The highest BCUT2D eigenvalue weighted by molar-refractivity contribution is 5.92. The summed E-state index contributed by atoms with van der Waals surface area (Å²) < 4.78 is 3.18. The molecule has 0 saturated carbocycles. The van der Waals surface area contributed by atoms with E-state index < -0.39 is 5.60 Å². The Hall–Kier alpha value is -2.15. The number of amides is 1. The fraction of sp³-hybridized carbons (Fsp3) is 0.562. The maximum atomic E-state index is 12.4. The van der Waals surface area contributed by atoms with Gasteiger partial charge in [0, 0.05) is 31.3 Å². The Morgan fingerprint density at radius 2 is 1.96 bits per heavy atom. The molecule has 0 bridgehead atoms. The van der Waals surface area contributed by atoms with E-state index in [-0.39, 0.29) is 17.9 Å². The van der Waals surface area contributed by atoms with Gasteiger partial charge in [0.15, 0.2) is 0 Å². The molecule has 23 heavy (non-hydrogen) atoms. The summed E-state index contributed by atoms with van der Waals surface area (Å²) in [4.78, 5) is 12.4. The first-order valence-electron chi connectivity index (χ1n) is 7.55. The Labute approximate surface area is 136 Å². The molecule has 0 aliphatic carbocycles. The number of aliphatic hydroxyl groups is 1. The van der Waals surface area contributed by atoms with Crippen molar-refractivity contribution < 1.29 is 9.90 Å². The van der Waals surface area contributed by atoms with Crippen molar-refractivity contribution in [3.8, 4) is 0 Å². The monoisotopic (exact) mass is 319 g/mol. The average Bonchev–Trinajstić information content (AvgIpc) is 3.02. The molecule has 0 aromatic carbocycles. The van der Waals surface area contributed by atoms with E-state index in [2.05, 4.69) is 15.5 Å². The van der Waals surface area contributed by atoms with E-state index in [1.165, 1.54) is 0 Å². The molecule has 1 unspecified atom stereocenters. The van der Waals surface area contributed by atoms with Gasteiger partial charge in [-0.3, -0.25) is 14.2 Å². The fourth-order valence-corrected chi connectivity index (χ4v) is 2.19. The Balaban J connectivity index is 2.09. The van der Waals surface area contributed by atoms with Crippen LogP contribution < -0.4 is 5.32 Å². The summed E-state index contributed by atoms with van der Waals surface area (Å²) in [5.74, 6) is -0.264. The number of hydrogen-bond acceptors (Lipinski definition) is 4. The van der Waals surface area contributed by atoms with Crippen molar-refractivity contribution >= 4 is 5.91 Å². The zero-order valence-corrected chi connectivity index (χ0v) is 14.6. The number of nitrogens with one attached hydrogen (secondary N) is 1. The molecule has 2 rings (SSSR count). The van der Waals surface area contributed by atoms with Crippen LogP contribution >= 0.6 is 0 Å². The van der Waals surface area contributed by atoms with Gasteiger partial charge in [-0.25, -0.2) is 0 Å². The van der Waals surface area contributed by atoms with Gasteiger partial charge in [-0.15, -0.1) is 0 Å². The minimum atomic E-state index is -1.19. The van der Waals surface area contributed by atoms with Gasteiger partial charge in [0.05, 0.1) is 18.4 Å². The van der Waals surface area contributed by atoms with Crippen LogP contribution in [0.4, 0.5) is 0 Å². The molecule has 2 aromatic heterocycles. The predicted molar refractivity (Wildman–Crippen MR) is 87.0 cm³/mol. The van der Waals surface area contributed by atoms with Crippen LogP contribution in [0.25, 0.3) is 0 Å². The van der Waals surface area contributed by atoms with Gasteiger partial charge in [-0.05, 0) is 13.0 Å². The van der Waals surface area contributed by atoms with E-state index in [1.54, 1.807) is 48.8 Å². The van der Waals surface area contributed by atoms with Crippen molar-refractivity contribution in [3.63, 3.8) is 0 Å². The summed E-state index contributed by atoms with van der Waals surface area (Å²) in [5.41, 5.74) is 0.661. The van der Waals surface area contributed by atoms with Crippen LogP contribution in [-0.2, 0) is 25.1 Å². The molecule has 2 N–H and O–H groups in total. The highest BCUT2D eigenvalue weighted by Gasteiger charge is 2.27. The maximum absolute atomic E-state index is 12.4. The van der Waals surface area contributed by atoms with Gasteiger partial charge in [-0.1, -0.05) is 20.8 Å². The Kier molecular flexibility index (Phi) is 4.34. The smallest absolute Gasteiger partial charge is 0.269 e. The van der Waals surface area contributed by atoms with Crippen LogP contribution in [-0.4, -0.2) is 37.1 Å². The number of rotatable bonds is 4. The summed E-state index contributed by atoms with van der Waals surface area (Å²) in [5, 5.41) is 21.7.